The fraction of sp³-hybridized carbons (Fsp3) is 0.286. The highest BCUT2D eigenvalue weighted by Gasteiger charge is 2.27. The van der Waals surface area contributed by atoms with Crippen molar-refractivity contribution in [3.05, 3.63) is 46.8 Å². The number of hydrogen-bond acceptors (Lipinski definition) is 6. The van der Waals surface area contributed by atoms with Crippen LogP contribution in [0.3, 0.4) is 0 Å². The van der Waals surface area contributed by atoms with E-state index in [1.165, 1.54) is 6.33 Å². The molecule has 7 heteroatoms. The Morgan fingerprint density at radius 1 is 1.19 bits per heavy atom. The smallest absolute Gasteiger partial charge is 0.373 e. The number of nitro groups is 1. The molecule has 0 aliphatic rings. The van der Waals surface area contributed by atoms with Crippen molar-refractivity contribution in [2.24, 2.45) is 0 Å². The third kappa shape index (κ3) is 3.25. The van der Waals surface area contributed by atoms with Crippen LogP contribution in [0.4, 0.5) is 11.5 Å². The van der Waals surface area contributed by atoms with E-state index in [1.54, 1.807) is 29.2 Å². The Kier molecular flexibility index (Phi) is 4.65. The molecular weight excluding hydrogens is 272 g/mol. The first kappa shape index (κ1) is 14.7. The molecule has 7 nitrogen and oxygen atoms in total. The summed E-state index contributed by atoms with van der Waals surface area (Å²) in [5.74, 6) is 0.707. The maximum Gasteiger partial charge on any atom is 0.373 e. The number of anilines is 1. The molecule has 21 heavy (non-hydrogen) atoms. The summed E-state index contributed by atoms with van der Waals surface area (Å²) in [7, 11) is 0. The van der Waals surface area contributed by atoms with Gasteiger partial charge < -0.3 is 9.64 Å². The number of ether oxygens (including phenoxy) is 1. The van der Waals surface area contributed by atoms with Gasteiger partial charge in [0.1, 0.15) is 12.1 Å². The Morgan fingerprint density at radius 3 is 2.43 bits per heavy atom. The molecule has 0 saturated carbocycles. The normalized spacial score (nSPS) is 10.2. The van der Waals surface area contributed by atoms with Gasteiger partial charge in [0.25, 0.3) is 0 Å². The van der Waals surface area contributed by atoms with Gasteiger partial charge in [0.2, 0.25) is 5.82 Å². The molecule has 0 aliphatic heterocycles. The molecule has 0 atom stereocenters. The summed E-state index contributed by atoms with van der Waals surface area (Å²) in [6, 6.07) is 8.83. The lowest BCUT2D eigenvalue weighted by molar-refractivity contribution is -0.385. The van der Waals surface area contributed by atoms with E-state index in [-0.39, 0.29) is 17.4 Å². The van der Waals surface area contributed by atoms with Crippen molar-refractivity contribution in [3.8, 4) is 11.6 Å². The largest absolute Gasteiger partial charge is 0.434 e. The number of hydrogen-bond donors (Lipinski definition) is 0. The number of aromatic nitrogens is 2. The van der Waals surface area contributed by atoms with Crippen LogP contribution in [0.5, 0.6) is 11.6 Å². The second kappa shape index (κ2) is 6.65. The van der Waals surface area contributed by atoms with Crippen molar-refractivity contribution >= 4 is 11.5 Å². The zero-order chi connectivity index (χ0) is 15.2. The zero-order valence-corrected chi connectivity index (χ0v) is 11.9. The molecule has 0 saturated heterocycles. The summed E-state index contributed by atoms with van der Waals surface area (Å²) in [4.78, 5) is 20.6. The van der Waals surface area contributed by atoms with E-state index in [9.17, 15) is 10.1 Å². The second-order valence-electron chi connectivity index (χ2n) is 4.20. The summed E-state index contributed by atoms with van der Waals surface area (Å²) < 4.78 is 5.53. The highest BCUT2D eigenvalue weighted by Crippen LogP contribution is 2.35. The maximum atomic E-state index is 11.4. The zero-order valence-electron chi connectivity index (χ0n) is 11.9. The highest BCUT2D eigenvalue weighted by atomic mass is 16.6. The number of benzene rings is 1. The lowest BCUT2D eigenvalue weighted by Crippen LogP contribution is -2.24. The Labute approximate surface area is 122 Å². The van der Waals surface area contributed by atoms with Crippen LogP contribution in [-0.2, 0) is 0 Å². The van der Waals surface area contributed by atoms with Crippen LogP contribution in [0.2, 0.25) is 0 Å². The fourth-order valence-corrected chi connectivity index (χ4v) is 1.94. The molecule has 1 aromatic heterocycles. The van der Waals surface area contributed by atoms with Gasteiger partial charge >= 0.3 is 11.6 Å². The molecule has 0 radical (unpaired) electrons. The maximum absolute atomic E-state index is 11.4. The van der Waals surface area contributed by atoms with Crippen molar-refractivity contribution in [3.63, 3.8) is 0 Å². The molecule has 0 fully saturated rings. The van der Waals surface area contributed by atoms with Crippen LogP contribution in [0.15, 0.2) is 36.7 Å². The molecule has 1 heterocycles. The van der Waals surface area contributed by atoms with E-state index in [4.69, 9.17) is 4.74 Å². The highest BCUT2D eigenvalue weighted by molar-refractivity contribution is 5.63. The van der Waals surface area contributed by atoms with Crippen molar-refractivity contribution < 1.29 is 9.66 Å². The minimum Gasteiger partial charge on any atom is -0.434 e. The van der Waals surface area contributed by atoms with Gasteiger partial charge in [-0.05, 0) is 26.0 Å². The van der Waals surface area contributed by atoms with Crippen LogP contribution >= 0.6 is 0 Å². The SMILES string of the molecule is CCN(CC)c1ncnc(Oc2ccccc2)c1[N+](=O)[O-]. The average molecular weight is 288 g/mol. The van der Waals surface area contributed by atoms with Crippen molar-refractivity contribution in [2.45, 2.75) is 13.8 Å². The Bertz CT molecular complexity index is 615. The summed E-state index contributed by atoms with van der Waals surface area (Å²) in [5.41, 5.74) is -0.218. The first-order valence-corrected chi connectivity index (χ1v) is 6.64. The molecule has 0 bridgehead atoms. The van der Waals surface area contributed by atoms with E-state index in [0.29, 0.717) is 18.8 Å². The molecule has 2 rings (SSSR count). The van der Waals surface area contributed by atoms with E-state index < -0.39 is 4.92 Å². The third-order valence-corrected chi connectivity index (χ3v) is 2.97. The van der Waals surface area contributed by atoms with Gasteiger partial charge in [-0.3, -0.25) is 10.1 Å². The fourth-order valence-electron chi connectivity index (χ4n) is 1.94. The molecule has 2 aromatic rings. The molecule has 0 N–H and O–H groups in total. The lowest BCUT2D eigenvalue weighted by atomic mass is 10.3. The molecule has 0 aliphatic carbocycles. The second-order valence-corrected chi connectivity index (χ2v) is 4.20. The molecular formula is C14H16N4O3. The van der Waals surface area contributed by atoms with Gasteiger partial charge in [-0.1, -0.05) is 18.2 Å². The Morgan fingerprint density at radius 2 is 1.86 bits per heavy atom. The summed E-state index contributed by atoms with van der Waals surface area (Å²) in [6.07, 6.45) is 1.28. The Hall–Kier alpha value is -2.70. The first-order chi connectivity index (χ1) is 10.2. The minimum absolute atomic E-state index is 0.0527. The Balaban J connectivity index is 2.46. The predicted molar refractivity (Wildman–Crippen MR) is 78.8 cm³/mol. The van der Waals surface area contributed by atoms with Crippen LogP contribution in [0, 0.1) is 10.1 Å². The molecule has 0 amide bonds. The average Bonchev–Trinajstić information content (AvgIpc) is 2.49. The minimum atomic E-state index is -0.508. The van der Waals surface area contributed by atoms with E-state index in [1.807, 2.05) is 19.9 Å². The number of para-hydroxylation sites is 1. The quantitative estimate of drug-likeness (QED) is 0.600. The lowest BCUT2D eigenvalue weighted by Gasteiger charge is -2.19. The molecule has 110 valence electrons. The molecule has 0 spiro atoms. The number of nitrogens with zero attached hydrogens (tertiary/aromatic N) is 4. The summed E-state index contributed by atoms with van der Waals surface area (Å²) in [6.45, 7) is 5.04. The van der Waals surface area contributed by atoms with E-state index in [0.717, 1.165) is 0 Å². The van der Waals surface area contributed by atoms with Crippen LogP contribution in [0.1, 0.15) is 13.8 Å². The monoisotopic (exact) mass is 288 g/mol. The van der Waals surface area contributed by atoms with Crippen molar-refractivity contribution in [2.75, 3.05) is 18.0 Å². The third-order valence-electron chi connectivity index (χ3n) is 2.97. The van der Waals surface area contributed by atoms with Crippen LogP contribution in [-0.4, -0.2) is 28.0 Å². The van der Waals surface area contributed by atoms with Crippen LogP contribution < -0.4 is 9.64 Å². The van der Waals surface area contributed by atoms with Gasteiger partial charge in [0.15, 0.2) is 0 Å². The molecule has 1 aromatic carbocycles. The van der Waals surface area contributed by atoms with Gasteiger partial charge in [-0.2, -0.15) is 4.98 Å². The van der Waals surface area contributed by atoms with Crippen molar-refractivity contribution in [1.29, 1.82) is 0 Å². The topological polar surface area (TPSA) is 81.4 Å². The van der Waals surface area contributed by atoms with Crippen LogP contribution in [0.25, 0.3) is 0 Å². The predicted octanol–water partition coefficient (Wildman–Crippen LogP) is 3.02. The van der Waals surface area contributed by atoms with Gasteiger partial charge in [-0.25, -0.2) is 4.98 Å². The van der Waals surface area contributed by atoms with Gasteiger partial charge in [-0.15, -0.1) is 0 Å². The first-order valence-electron chi connectivity index (χ1n) is 6.64. The van der Waals surface area contributed by atoms with Crippen molar-refractivity contribution in [1.82, 2.24) is 9.97 Å². The number of rotatable bonds is 6. The van der Waals surface area contributed by atoms with Gasteiger partial charge in [0, 0.05) is 13.1 Å². The summed E-state index contributed by atoms with van der Waals surface area (Å²) >= 11 is 0. The summed E-state index contributed by atoms with van der Waals surface area (Å²) in [5, 5.41) is 11.4. The standard InChI is InChI=1S/C14H16N4O3/c1-3-17(4-2)13-12(18(19)20)14(16-10-15-13)21-11-8-6-5-7-9-11/h5-10H,3-4H2,1-2H3. The van der Waals surface area contributed by atoms with E-state index in [2.05, 4.69) is 9.97 Å². The van der Waals surface area contributed by atoms with E-state index >= 15 is 0 Å². The van der Waals surface area contributed by atoms with Gasteiger partial charge in [0.05, 0.1) is 4.92 Å². The molecule has 0 unspecified atom stereocenters.